The number of nitrogens with zero attached hydrogens (tertiary/aromatic N) is 1. The number of fused-ring (bicyclic) bond motifs is 1. The van der Waals surface area contributed by atoms with Gasteiger partial charge in [0.2, 0.25) is 5.91 Å². The molecule has 4 rings (SSSR count). The highest BCUT2D eigenvalue weighted by atomic mass is 32.2. The summed E-state index contributed by atoms with van der Waals surface area (Å²) in [5.74, 6) is 0.277. The Morgan fingerprint density at radius 3 is 2.59 bits per heavy atom. The first-order chi connectivity index (χ1) is 14.0. The summed E-state index contributed by atoms with van der Waals surface area (Å²) in [7, 11) is -3.72. The summed E-state index contributed by atoms with van der Waals surface area (Å²) < 4.78 is 27.6. The molecule has 0 atom stereocenters. The van der Waals surface area contributed by atoms with Gasteiger partial charge < -0.3 is 5.32 Å². The van der Waals surface area contributed by atoms with Crippen LogP contribution in [0.5, 0.6) is 0 Å². The second-order valence-electron chi connectivity index (χ2n) is 6.97. The van der Waals surface area contributed by atoms with Gasteiger partial charge in [-0.25, -0.2) is 8.42 Å². The second kappa shape index (κ2) is 8.05. The lowest BCUT2D eigenvalue weighted by molar-refractivity contribution is -0.115. The summed E-state index contributed by atoms with van der Waals surface area (Å²) in [5, 5.41) is 4.98. The van der Waals surface area contributed by atoms with Crippen LogP contribution in [0.1, 0.15) is 18.4 Å². The fraction of sp³-hybridized carbons (Fsp3) is 0.182. The minimum atomic E-state index is -3.72. The van der Waals surface area contributed by atoms with Crippen LogP contribution in [0.25, 0.3) is 10.8 Å². The van der Waals surface area contributed by atoms with Gasteiger partial charge >= 0.3 is 0 Å². The van der Waals surface area contributed by atoms with Crippen molar-refractivity contribution in [1.82, 2.24) is 4.72 Å². The number of benzene rings is 3. The summed E-state index contributed by atoms with van der Waals surface area (Å²) in [5.41, 5.74) is 1.33. The zero-order valence-corrected chi connectivity index (χ0v) is 16.6. The van der Waals surface area contributed by atoms with Crippen LogP contribution in [0.4, 0.5) is 5.69 Å². The van der Waals surface area contributed by atoms with Gasteiger partial charge in [0.15, 0.2) is 0 Å². The highest BCUT2D eigenvalue weighted by Crippen LogP contribution is 2.18. The van der Waals surface area contributed by atoms with Crippen molar-refractivity contribution in [2.24, 2.45) is 4.99 Å². The summed E-state index contributed by atoms with van der Waals surface area (Å²) >= 11 is 0. The van der Waals surface area contributed by atoms with Crippen molar-refractivity contribution in [3.63, 3.8) is 0 Å². The lowest BCUT2D eigenvalue weighted by atomic mass is 10.0. The number of carbonyl (C=O) groups excluding carboxylic acids is 1. The van der Waals surface area contributed by atoms with Crippen molar-refractivity contribution >= 4 is 38.2 Å². The van der Waals surface area contributed by atoms with Crippen LogP contribution in [-0.2, 0) is 21.2 Å². The molecule has 2 N–H and O–H groups in total. The average Bonchev–Trinajstić information content (AvgIpc) is 3.20. The Bertz CT molecular complexity index is 1200. The van der Waals surface area contributed by atoms with E-state index < -0.39 is 10.0 Å². The van der Waals surface area contributed by atoms with E-state index >= 15 is 0 Å². The highest BCUT2D eigenvalue weighted by Gasteiger charge is 2.18. The van der Waals surface area contributed by atoms with E-state index in [-0.39, 0.29) is 17.2 Å². The molecular formula is C22H21N3O3S. The quantitative estimate of drug-likeness (QED) is 0.679. The van der Waals surface area contributed by atoms with E-state index in [1.54, 1.807) is 12.1 Å². The number of rotatable bonds is 5. The molecule has 0 bridgehead atoms. The Hall–Kier alpha value is -3.19. The van der Waals surface area contributed by atoms with Gasteiger partial charge in [-0.2, -0.15) is 0 Å². The SMILES string of the molecule is O=C(Cc1ccc2ccccc2c1)Nc1cccc(S(=O)(=O)NC2=NCCC2)c1. The van der Waals surface area contributed by atoms with E-state index in [1.165, 1.54) is 12.1 Å². The van der Waals surface area contributed by atoms with Gasteiger partial charge in [-0.3, -0.25) is 14.5 Å². The number of anilines is 1. The monoisotopic (exact) mass is 407 g/mol. The molecule has 7 heteroatoms. The first-order valence-corrected chi connectivity index (χ1v) is 10.9. The molecule has 3 aromatic carbocycles. The van der Waals surface area contributed by atoms with E-state index in [2.05, 4.69) is 15.0 Å². The molecule has 0 spiro atoms. The molecule has 1 aliphatic heterocycles. The van der Waals surface area contributed by atoms with Crippen LogP contribution in [0, 0.1) is 0 Å². The van der Waals surface area contributed by atoms with Gasteiger partial charge in [0.25, 0.3) is 10.0 Å². The Labute approximate surface area is 169 Å². The van der Waals surface area contributed by atoms with Gasteiger partial charge in [-0.05, 0) is 41.0 Å². The number of hydrogen-bond acceptors (Lipinski definition) is 4. The van der Waals surface area contributed by atoms with E-state index in [0.29, 0.717) is 24.5 Å². The lowest BCUT2D eigenvalue weighted by Crippen LogP contribution is -2.29. The summed E-state index contributed by atoms with van der Waals surface area (Å²) in [6, 6.07) is 20.1. The Kier molecular flexibility index (Phi) is 5.31. The summed E-state index contributed by atoms with van der Waals surface area (Å²) in [6.07, 6.45) is 1.68. The fourth-order valence-corrected chi connectivity index (χ4v) is 4.45. The standard InChI is InChI=1S/C22H21N3O3S/c26-22(14-16-10-11-17-5-1-2-6-18(17)13-16)24-19-7-3-8-20(15-19)29(27,28)25-21-9-4-12-23-21/h1-3,5-8,10-11,13,15H,4,9,12,14H2,(H,23,25)(H,24,26). The third kappa shape index (κ3) is 4.63. The van der Waals surface area contributed by atoms with Gasteiger partial charge in [0.05, 0.1) is 11.3 Å². The van der Waals surface area contributed by atoms with Gasteiger partial charge in [-0.1, -0.05) is 48.5 Å². The first kappa shape index (κ1) is 19.1. The number of nitrogens with one attached hydrogen (secondary N) is 2. The maximum Gasteiger partial charge on any atom is 0.262 e. The molecule has 1 aliphatic rings. The number of aliphatic imine (C=N–C) groups is 1. The molecule has 29 heavy (non-hydrogen) atoms. The molecule has 0 saturated carbocycles. The van der Waals surface area contributed by atoms with Crippen LogP contribution in [0.15, 0.2) is 76.6 Å². The predicted octanol–water partition coefficient (Wildman–Crippen LogP) is 3.49. The average molecular weight is 407 g/mol. The number of hydrogen-bond donors (Lipinski definition) is 2. The van der Waals surface area contributed by atoms with Crippen molar-refractivity contribution in [3.05, 3.63) is 72.3 Å². The van der Waals surface area contributed by atoms with E-state index in [9.17, 15) is 13.2 Å². The molecule has 1 amide bonds. The molecule has 3 aromatic rings. The van der Waals surface area contributed by atoms with Crippen molar-refractivity contribution in [3.8, 4) is 0 Å². The molecule has 6 nitrogen and oxygen atoms in total. The fourth-order valence-electron chi connectivity index (χ4n) is 3.32. The van der Waals surface area contributed by atoms with E-state index in [0.717, 1.165) is 22.8 Å². The molecular weight excluding hydrogens is 386 g/mol. The Morgan fingerprint density at radius 2 is 1.79 bits per heavy atom. The number of amides is 1. The largest absolute Gasteiger partial charge is 0.326 e. The van der Waals surface area contributed by atoms with Gasteiger partial charge in [0, 0.05) is 18.7 Å². The molecule has 0 aromatic heterocycles. The normalized spacial score (nSPS) is 13.9. The van der Waals surface area contributed by atoms with Crippen LogP contribution in [-0.4, -0.2) is 26.7 Å². The maximum atomic E-state index is 12.5. The zero-order valence-electron chi connectivity index (χ0n) is 15.8. The van der Waals surface area contributed by atoms with Gasteiger partial charge in [-0.15, -0.1) is 0 Å². The first-order valence-electron chi connectivity index (χ1n) is 9.43. The lowest BCUT2D eigenvalue weighted by Gasteiger charge is -2.10. The summed E-state index contributed by atoms with van der Waals surface area (Å²) in [6.45, 7) is 0.642. The van der Waals surface area contributed by atoms with Crippen LogP contribution in [0.3, 0.4) is 0 Å². The van der Waals surface area contributed by atoms with Crippen molar-refractivity contribution in [2.75, 3.05) is 11.9 Å². The van der Waals surface area contributed by atoms with Crippen molar-refractivity contribution < 1.29 is 13.2 Å². The number of carbonyl (C=O) groups is 1. The molecule has 0 saturated heterocycles. The number of amidine groups is 1. The molecule has 1 heterocycles. The topological polar surface area (TPSA) is 87.6 Å². The molecule has 148 valence electrons. The smallest absolute Gasteiger partial charge is 0.262 e. The van der Waals surface area contributed by atoms with Gasteiger partial charge in [0.1, 0.15) is 5.84 Å². The molecule has 0 unspecified atom stereocenters. The summed E-state index contributed by atoms with van der Waals surface area (Å²) in [4.78, 5) is 16.7. The minimum Gasteiger partial charge on any atom is -0.326 e. The third-order valence-corrected chi connectivity index (χ3v) is 6.11. The Morgan fingerprint density at radius 1 is 0.966 bits per heavy atom. The van der Waals surface area contributed by atoms with Crippen LogP contribution in [0.2, 0.25) is 0 Å². The van der Waals surface area contributed by atoms with Crippen molar-refractivity contribution in [2.45, 2.75) is 24.2 Å². The minimum absolute atomic E-state index is 0.0932. The zero-order chi connectivity index (χ0) is 20.3. The van der Waals surface area contributed by atoms with E-state index in [1.807, 2.05) is 42.5 Å². The van der Waals surface area contributed by atoms with Crippen LogP contribution >= 0.6 is 0 Å². The van der Waals surface area contributed by atoms with Crippen LogP contribution < -0.4 is 10.0 Å². The van der Waals surface area contributed by atoms with Crippen molar-refractivity contribution in [1.29, 1.82) is 0 Å². The second-order valence-corrected chi connectivity index (χ2v) is 8.65. The molecule has 0 fully saturated rings. The third-order valence-electron chi connectivity index (χ3n) is 4.73. The predicted molar refractivity (Wildman–Crippen MR) is 115 cm³/mol. The Balaban J connectivity index is 1.46. The molecule has 0 aliphatic carbocycles. The maximum absolute atomic E-state index is 12.5. The molecule has 0 radical (unpaired) electrons. The highest BCUT2D eigenvalue weighted by molar-refractivity contribution is 7.90. The van der Waals surface area contributed by atoms with E-state index in [4.69, 9.17) is 0 Å². The number of sulfonamides is 1.